The molecule has 1 saturated carbocycles. The normalized spacial score (nSPS) is 23.2. The molecule has 1 unspecified atom stereocenters. The van der Waals surface area contributed by atoms with Gasteiger partial charge in [0.25, 0.3) is 5.91 Å². The van der Waals surface area contributed by atoms with Gasteiger partial charge in [0.1, 0.15) is 5.76 Å². The summed E-state index contributed by atoms with van der Waals surface area (Å²) in [7, 11) is 0. The minimum Gasteiger partial charge on any atom is -0.440 e. The van der Waals surface area contributed by atoms with Crippen LogP contribution in [0.4, 0.5) is 0 Å². The lowest BCUT2D eigenvalue weighted by Crippen LogP contribution is -2.47. The van der Waals surface area contributed by atoms with Crippen molar-refractivity contribution in [3.05, 3.63) is 41.8 Å². The van der Waals surface area contributed by atoms with Crippen molar-refractivity contribution >= 4 is 5.91 Å². The Kier molecular flexibility index (Phi) is 4.57. The maximum atomic E-state index is 13.2. The van der Waals surface area contributed by atoms with E-state index in [0.29, 0.717) is 24.0 Å². The lowest BCUT2D eigenvalue weighted by atomic mass is 9.78. The first kappa shape index (κ1) is 17.3. The Labute approximate surface area is 154 Å². The quantitative estimate of drug-likeness (QED) is 0.886. The number of likely N-dealkylation sites (tertiary alicyclic amines) is 1. The lowest BCUT2D eigenvalue weighted by molar-refractivity contribution is 0.0247. The molecule has 2 fully saturated rings. The molecule has 1 amide bonds. The molecule has 26 heavy (non-hydrogen) atoms. The summed E-state index contributed by atoms with van der Waals surface area (Å²) in [5, 5.41) is 9.85. The summed E-state index contributed by atoms with van der Waals surface area (Å²) in [6.45, 7) is 3.52. The number of aliphatic hydroxyl groups excluding tert-OH is 1. The molecule has 0 bridgehead atoms. The first-order valence-electron chi connectivity index (χ1n) is 9.62. The highest BCUT2D eigenvalue weighted by Crippen LogP contribution is 2.44. The zero-order valence-electron chi connectivity index (χ0n) is 15.3. The van der Waals surface area contributed by atoms with Crippen LogP contribution in [0.3, 0.4) is 0 Å². The number of amides is 1. The number of carbonyl (C=O) groups is 1. The van der Waals surface area contributed by atoms with E-state index in [9.17, 15) is 9.90 Å². The molecule has 1 saturated heterocycles. The van der Waals surface area contributed by atoms with E-state index in [1.165, 1.54) is 0 Å². The molecular formula is C21H26N2O3. The van der Waals surface area contributed by atoms with Crippen LogP contribution in [0.25, 0.3) is 11.5 Å². The number of rotatable bonds is 5. The molecule has 0 radical (unpaired) electrons. The monoisotopic (exact) mass is 354 g/mol. The molecule has 1 aliphatic carbocycles. The Morgan fingerprint density at radius 2 is 2.12 bits per heavy atom. The molecule has 2 heterocycles. The topological polar surface area (TPSA) is 66.6 Å². The summed E-state index contributed by atoms with van der Waals surface area (Å²) in [5.74, 6) is 1.53. The Morgan fingerprint density at radius 1 is 1.35 bits per heavy atom. The van der Waals surface area contributed by atoms with E-state index in [-0.39, 0.29) is 17.9 Å². The second-order valence-electron chi connectivity index (χ2n) is 7.71. The average molecular weight is 354 g/mol. The molecule has 138 valence electrons. The summed E-state index contributed by atoms with van der Waals surface area (Å²) in [5.41, 5.74) is 1.18. The van der Waals surface area contributed by atoms with Crippen LogP contribution in [0.2, 0.25) is 0 Å². The van der Waals surface area contributed by atoms with Crippen molar-refractivity contribution in [2.45, 2.75) is 44.9 Å². The van der Waals surface area contributed by atoms with E-state index in [1.54, 1.807) is 0 Å². The summed E-state index contributed by atoms with van der Waals surface area (Å²) in [6, 6.07) is 9.74. The number of aliphatic hydroxyl groups is 1. The van der Waals surface area contributed by atoms with Gasteiger partial charge in [-0.2, -0.15) is 0 Å². The Hall–Kier alpha value is -2.14. The van der Waals surface area contributed by atoms with Crippen molar-refractivity contribution in [1.29, 1.82) is 0 Å². The van der Waals surface area contributed by atoms with Gasteiger partial charge in [-0.15, -0.1) is 0 Å². The van der Waals surface area contributed by atoms with Crippen LogP contribution in [-0.4, -0.2) is 40.6 Å². The number of aromatic nitrogens is 1. The average Bonchev–Trinajstić information content (AvgIpc) is 3.46. The van der Waals surface area contributed by atoms with Crippen LogP contribution in [0.1, 0.15) is 61.2 Å². The van der Waals surface area contributed by atoms with Crippen molar-refractivity contribution in [1.82, 2.24) is 9.88 Å². The number of hydrogen-bond acceptors (Lipinski definition) is 4. The second-order valence-corrected chi connectivity index (χ2v) is 7.71. The van der Waals surface area contributed by atoms with Gasteiger partial charge in [-0.05, 0) is 44.2 Å². The number of piperidine rings is 1. The zero-order chi connectivity index (χ0) is 18.1. The number of carbonyl (C=O) groups excluding carboxylic acids is 1. The number of nitrogens with zero attached hydrogens (tertiary/aromatic N) is 2. The molecule has 1 aromatic heterocycles. The first-order valence-corrected chi connectivity index (χ1v) is 9.62. The van der Waals surface area contributed by atoms with E-state index in [0.717, 1.165) is 50.0 Å². The fourth-order valence-electron chi connectivity index (χ4n) is 3.87. The lowest BCUT2D eigenvalue weighted by Gasteiger charge is -2.41. The van der Waals surface area contributed by atoms with Gasteiger partial charge in [0.2, 0.25) is 5.89 Å². The second kappa shape index (κ2) is 6.88. The third kappa shape index (κ3) is 3.16. The minimum absolute atomic E-state index is 0.0520. The highest BCUT2D eigenvalue weighted by Gasteiger charge is 2.39. The predicted octanol–water partition coefficient (Wildman–Crippen LogP) is 3.84. The van der Waals surface area contributed by atoms with Gasteiger partial charge in [0.15, 0.2) is 5.69 Å². The maximum Gasteiger partial charge on any atom is 0.276 e. The van der Waals surface area contributed by atoms with Crippen molar-refractivity contribution in [3.63, 3.8) is 0 Å². The zero-order valence-corrected chi connectivity index (χ0v) is 15.3. The SMILES string of the molecule is CCC1(CO)CCCN(C(=O)c2nc(-c3ccccc3)oc2C2CC2)C1. The molecular weight excluding hydrogens is 328 g/mol. The standard InChI is InChI=1S/C21H26N2O3/c1-2-21(14-24)11-6-12-23(13-21)20(25)17-18(15-9-10-15)26-19(22-17)16-7-4-3-5-8-16/h3-5,7-8,15,24H,2,6,9-14H2,1H3. The van der Waals surface area contributed by atoms with Crippen molar-refractivity contribution in [2.24, 2.45) is 5.41 Å². The van der Waals surface area contributed by atoms with E-state index >= 15 is 0 Å². The number of oxazole rings is 1. The molecule has 1 N–H and O–H groups in total. The van der Waals surface area contributed by atoms with Crippen molar-refractivity contribution in [3.8, 4) is 11.5 Å². The van der Waals surface area contributed by atoms with E-state index < -0.39 is 0 Å². The van der Waals surface area contributed by atoms with Crippen LogP contribution in [0.15, 0.2) is 34.7 Å². The molecule has 4 rings (SSSR count). The molecule has 5 nitrogen and oxygen atoms in total. The highest BCUT2D eigenvalue weighted by molar-refractivity contribution is 5.94. The summed E-state index contributed by atoms with van der Waals surface area (Å²) >= 11 is 0. The minimum atomic E-state index is -0.181. The van der Waals surface area contributed by atoms with E-state index in [2.05, 4.69) is 11.9 Å². The smallest absolute Gasteiger partial charge is 0.276 e. The van der Waals surface area contributed by atoms with Crippen LogP contribution < -0.4 is 0 Å². The fourth-order valence-corrected chi connectivity index (χ4v) is 3.87. The van der Waals surface area contributed by atoms with Gasteiger partial charge in [-0.1, -0.05) is 25.1 Å². The number of hydrogen-bond donors (Lipinski definition) is 1. The van der Waals surface area contributed by atoms with Gasteiger partial charge < -0.3 is 14.4 Å². The molecule has 1 atom stereocenters. The fraction of sp³-hybridized carbons (Fsp3) is 0.524. The van der Waals surface area contributed by atoms with Gasteiger partial charge >= 0.3 is 0 Å². The molecule has 2 aromatic rings. The van der Waals surface area contributed by atoms with Gasteiger partial charge in [-0.3, -0.25) is 4.79 Å². The molecule has 2 aliphatic rings. The van der Waals surface area contributed by atoms with Crippen LogP contribution >= 0.6 is 0 Å². The van der Waals surface area contributed by atoms with Crippen molar-refractivity contribution in [2.75, 3.05) is 19.7 Å². The summed E-state index contributed by atoms with van der Waals surface area (Å²) in [6.07, 6.45) is 4.87. The van der Waals surface area contributed by atoms with Gasteiger partial charge in [-0.25, -0.2) is 4.98 Å². The van der Waals surface area contributed by atoms with Gasteiger partial charge in [0.05, 0.1) is 6.61 Å². The van der Waals surface area contributed by atoms with Crippen LogP contribution in [0.5, 0.6) is 0 Å². The predicted molar refractivity (Wildman–Crippen MR) is 98.9 cm³/mol. The Bertz CT molecular complexity index is 776. The summed E-state index contributed by atoms with van der Waals surface area (Å²) < 4.78 is 6.03. The molecule has 0 spiro atoms. The third-order valence-electron chi connectivity index (χ3n) is 5.86. The maximum absolute atomic E-state index is 13.2. The molecule has 5 heteroatoms. The summed E-state index contributed by atoms with van der Waals surface area (Å²) in [4.78, 5) is 19.7. The van der Waals surface area contributed by atoms with Crippen molar-refractivity contribution < 1.29 is 14.3 Å². The Morgan fingerprint density at radius 3 is 2.77 bits per heavy atom. The molecule has 1 aromatic carbocycles. The first-order chi connectivity index (χ1) is 12.7. The van der Waals surface area contributed by atoms with Crippen LogP contribution in [0, 0.1) is 5.41 Å². The van der Waals surface area contributed by atoms with E-state index in [1.807, 2.05) is 35.2 Å². The highest BCUT2D eigenvalue weighted by atomic mass is 16.4. The largest absolute Gasteiger partial charge is 0.440 e. The number of benzene rings is 1. The van der Waals surface area contributed by atoms with Gasteiger partial charge in [0, 0.05) is 30.0 Å². The Balaban J connectivity index is 1.64. The molecule has 1 aliphatic heterocycles. The van der Waals surface area contributed by atoms with Crippen LogP contribution in [-0.2, 0) is 0 Å². The van der Waals surface area contributed by atoms with E-state index in [4.69, 9.17) is 4.42 Å². The third-order valence-corrected chi connectivity index (χ3v) is 5.86.